The molecule has 0 aliphatic heterocycles. The van der Waals surface area contributed by atoms with Gasteiger partial charge in [-0.1, -0.05) is 13.0 Å². The van der Waals surface area contributed by atoms with Gasteiger partial charge in [0.25, 0.3) is 0 Å². The van der Waals surface area contributed by atoms with Crippen molar-refractivity contribution < 1.29 is 9.21 Å². The summed E-state index contributed by atoms with van der Waals surface area (Å²) < 4.78 is 5.68. The molecule has 1 heterocycles. The van der Waals surface area contributed by atoms with Crippen molar-refractivity contribution >= 4 is 21.7 Å². The number of furan rings is 1. The minimum Gasteiger partial charge on any atom is -0.460 e. The molecule has 1 rings (SSSR count). The van der Waals surface area contributed by atoms with Crippen LogP contribution >= 0.6 is 15.9 Å². The third-order valence-corrected chi connectivity index (χ3v) is 1.97. The average Bonchev–Trinajstić information content (AvgIpc) is 2.47. The summed E-state index contributed by atoms with van der Waals surface area (Å²) in [6.07, 6.45) is 5.65. The van der Waals surface area contributed by atoms with Crippen LogP contribution in [0.2, 0.25) is 0 Å². The van der Waals surface area contributed by atoms with E-state index in [1.807, 2.05) is 6.92 Å². The van der Waals surface area contributed by atoms with Crippen LogP contribution in [0.4, 0.5) is 0 Å². The molecule has 0 fully saturated rings. The van der Waals surface area contributed by atoms with Gasteiger partial charge in [-0.05, 0) is 34.5 Å². The highest BCUT2D eigenvalue weighted by Crippen LogP contribution is 2.18. The molecule has 0 N–H and O–H groups in total. The molecule has 0 saturated carbocycles. The fraction of sp³-hybridized carbons (Fsp3) is 0.222. The van der Waals surface area contributed by atoms with Gasteiger partial charge in [-0.25, -0.2) is 0 Å². The third-order valence-electron chi connectivity index (χ3n) is 1.35. The Kier molecular flexibility index (Phi) is 3.29. The van der Waals surface area contributed by atoms with E-state index in [0.717, 1.165) is 6.42 Å². The quantitative estimate of drug-likeness (QED) is 0.588. The second-order valence-electron chi connectivity index (χ2n) is 2.27. The van der Waals surface area contributed by atoms with E-state index in [-0.39, 0.29) is 5.78 Å². The first-order chi connectivity index (χ1) is 5.75. The Hall–Kier alpha value is -0.830. The lowest BCUT2D eigenvalue weighted by Gasteiger charge is -1.88. The largest absolute Gasteiger partial charge is 0.460 e. The highest BCUT2D eigenvalue weighted by atomic mass is 79.9. The van der Waals surface area contributed by atoms with Crippen LogP contribution in [0, 0.1) is 0 Å². The number of hydrogen-bond donors (Lipinski definition) is 0. The van der Waals surface area contributed by atoms with Crippen LogP contribution < -0.4 is 0 Å². The van der Waals surface area contributed by atoms with Gasteiger partial charge in [0.15, 0.2) is 5.76 Å². The van der Waals surface area contributed by atoms with E-state index < -0.39 is 0 Å². The zero-order valence-corrected chi connectivity index (χ0v) is 8.30. The highest BCUT2D eigenvalue weighted by Gasteiger charge is 2.09. The lowest BCUT2D eigenvalue weighted by Crippen LogP contribution is -1.91. The van der Waals surface area contributed by atoms with Crippen molar-refractivity contribution in [3.63, 3.8) is 0 Å². The topological polar surface area (TPSA) is 30.2 Å². The van der Waals surface area contributed by atoms with Crippen LogP contribution in [0.3, 0.4) is 0 Å². The van der Waals surface area contributed by atoms with Crippen molar-refractivity contribution in [3.8, 4) is 0 Å². The van der Waals surface area contributed by atoms with Crippen molar-refractivity contribution in [2.45, 2.75) is 13.3 Å². The maximum Gasteiger partial charge on any atom is 0.221 e. The lowest BCUT2D eigenvalue weighted by molar-refractivity contribution is 0.102. The molecule has 1 aromatic rings. The summed E-state index contributed by atoms with van der Waals surface area (Å²) >= 11 is 3.21. The molecule has 0 amide bonds. The second kappa shape index (κ2) is 4.26. The molecule has 3 heteroatoms. The van der Waals surface area contributed by atoms with Gasteiger partial charge in [0.2, 0.25) is 5.78 Å². The summed E-state index contributed by atoms with van der Waals surface area (Å²) in [6, 6.07) is 1.70. The Balaban J connectivity index is 2.78. The van der Waals surface area contributed by atoms with Gasteiger partial charge in [0.1, 0.15) is 0 Å². The Bertz CT molecular complexity index is 299. The van der Waals surface area contributed by atoms with Gasteiger partial charge in [-0.15, -0.1) is 0 Å². The monoisotopic (exact) mass is 228 g/mol. The van der Waals surface area contributed by atoms with Crippen LogP contribution in [0.25, 0.3) is 0 Å². The zero-order valence-electron chi connectivity index (χ0n) is 6.71. The van der Waals surface area contributed by atoms with Gasteiger partial charge in [0.05, 0.1) is 10.7 Å². The first-order valence-electron chi connectivity index (χ1n) is 3.69. The first-order valence-corrected chi connectivity index (χ1v) is 4.49. The maximum absolute atomic E-state index is 11.3. The van der Waals surface area contributed by atoms with Crippen LogP contribution in [0.1, 0.15) is 23.9 Å². The van der Waals surface area contributed by atoms with E-state index in [1.54, 1.807) is 12.1 Å². The van der Waals surface area contributed by atoms with Crippen molar-refractivity contribution in [2.24, 2.45) is 0 Å². The van der Waals surface area contributed by atoms with E-state index in [2.05, 4.69) is 15.9 Å². The van der Waals surface area contributed by atoms with E-state index >= 15 is 0 Å². The molecule has 0 aliphatic rings. The molecular weight excluding hydrogens is 220 g/mol. The molecule has 0 unspecified atom stereocenters. The number of hydrogen-bond acceptors (Lipinski definition) is 2. The average molecular weight is 229 g/mol. The normalized spacial score (nSPS) is 10.8. The summed E-state index contributed by atoms with van der Waals surface area (Å²) in [5.74, 6) is 0.258. The molecule has 12 heavy (non-hydrogen) atoms. The van der Waals surface area contributed by atoms with Crippen molar-refractivity contribution in [1.82, 2.24) is 0 Å². The Morgan fingerprint density at radius 1 is 1.75 bits per heavy atom. The molecule has 0 aromatic carbocycles. The maximum atomic E-state index is 11.3. The number of carbonyl (C=O) groups is 1. The van der Waals surface area contributed by atoms with Crippen molar-refractivity contribution in [1.29, 1.82) is 0 Å². The zero-order chi connectivity index (χ0) is 8.97. The Morgan fingerprint density at radius 3 is 3.00 bits per heavy atom. The molecular formula is C9H9BrO2. The Labute approximate surface area is 79.4 Å². The standard InChI is InChI=1S/C9H9BrO2/c1-2-3-4-8(11)9-7(10)5-6-12-9/h3-6H,2H2,1H3/b4-3+. The molecule has 0 aliphatic carbocycles. The summed E-state index contributed by atoms with van der Waals surface area (Å²) in [6.45, 7) is 1.97. The number of rotatable bonds is 3. The van der Waals surface area contributed by atoms with Crippen molar-refractivity contribution in [2.75, 3.05) is 0 Å². The third kappa shape index (κ3) is 2.08. The number of ketones is 1. The smallest absolute Gasteiger partial charge is 0.221 e. The predicted molar refractivity (Wildman–Crippen MR) is 50.2 cm³/mol. The predicted octanol–water partition coefficient (Wildman–Crippen LogP) is 3.19. The van der Waals surface area contributed by atoms with E-state index in [4.69, 9.17) is 4.42 Å². The Morgan fingerprint density at radius 2 is 2.50 bits per heavy atom. The van der Waals surface area contributed by atoms with Gasteiger partial charge >= 0.3 is 0 Å². The number of carbonyl (C=O) groups excluding carboxylic acids is 1. The van der Waals surface area contributed by atoms with E-state index in [1.165, 1.54) is 12.3 Å². The van der Waals surface area contributed by atoms with Gasteiger partial charge in [0, 0.05) is 0 Å². The minimum atomic E-state index is -0.103. The van der Waals surface area contributed by atoms with Crippen LogP contribution in [0.15, 0.2) is 33.4 Å². The van der Waals surface area contributed by atoms with Gasteiger partial charge in [-0.2, -0.15) is 0 Å². The molecule has 0 radical (unpaired) electrons. The molecule has 0 saturated heterocycles. The summed E-state index contributed by atoms with van der Waals surface area (Å²) in [5, 5.41) is 0. The molecule has 2 nitrogen and oxygen atoms in total. The molecule has 64 valence electrons. The fourth-order valence-corrected chi connectivity index (χ4v) is 1.17. The van der Waals surface area contributed by atoms with Crippen LogP contribution in [-0.4, -0.2) is 5.78 Å². The van der Waals surface area contributed by atoms with Gasteiger partial charge in [-0.3, -0.25) is 4.79 Å². The lowest BCUT2D eigenvalue weighted by atomic mass is 10.2. The SMILES string of the molecule is CC/C=C/C(=O)c1occc1Br. The second-order valence-corrected chi connectivity index (χ2v) is 3.13. The van der Waals surface area contributed by atoms with Crippen molar-refractivity contribution in [3.05, 3.63) is 34.7 Å². The molecule has 0 atom stereocenters. The molecule has 1 aromatic heterocycles. The summed E-state index contributed by atoms with van der Waals surface area (Å²) in [7, 11) is 0. The highest BCUT2D eigenvalue weighted by molar-refractivity contribution is 9.10. The van der Waals surface area contributed by atoms with Crippen LogP contribution in [-0.2, 0) is 0 Å². The van der Waals surface area contributed by atoms with E-state index in [9.17, 15) is 4.79 Å². The van der Waals surface area contributed by atoms with Crippen LogP contribution in [0.5, 0.6) is 0 Å². The van der Waals surface area contributed by atoms with Gasteiger partial charge < -0.3 is 4.42 Å². The number of allylic oxidation sites excluding steroid dienone is 2. The molecule has 0 bridgehead atoms. The first kappa shape index (κ1) is 9.26. The van der Waals surface area contributed by atoms with E-state index in [0.29, 0.717) is 10.2 Å². The molecule has 0 spiro atoms. The number of halogens is 1. The summed E-state index contributed by atoms with van der Waals surface area (Å²) in [4.78, 5) is 11.3. The fourth-order valence-electron chi connectivity index (χ4n) is 0.770. The summed E-state index contributed by atoms with van der Waals surface area (Å²) in [5.41, 5.74) is 0. The minimum absolute atomic E-state index is 0.103.